The van der Waals surface area contributed by atoms with Gasteiger partial charge >= 0.3 is 0 Å². The highest BCUT2D eigenvalue weighted by atomic mass is 35.5. The van der Waals surface area contributed by atoms with Gasteiger partial charge < -0.3 is 4.90 Å². The Kier molecular flexibility index (Phi) is 5.11. The molecule has 0 unspecified atom stereocenters. The zero-order chi connectivity index (χ0) is 13.7. The van der Waals surface area contributed by atoms with Crippen LogP contribution in [0.4, 0.5) is 4.39 Å². The minimum atomic E-state index is -0.716. The molecular formula is C13H14ClFN2O. The normalized spacial score (nSPS) is 10.2. The molecule has 1 aromatic rings. The number of carbonyl (C=O) groups excluding carboxylic acids is 1. The van der Waals surface area contributed by atoms with Gasteiger partial charge in [0.05, 0.1) is 23.1 Å². The van der Waals surface area contributed by atoms with Crippen molar-refractivity contribution in [3.8, 4) is 6.07 Å². The molecule has 0 bridgehead atoms. The highest BCUT2D eigenvalue weighted by Crippen LogP contribution is 2.20. The van der Waals surface area contributed by atoms with Gasteiger partial charge in [0.2, 0.25) is 0 Å². The van der Waals surface area contributed by atoms with Gasteiger partial charge in [-0.1, -0.05) is 17.7 Å². The van der Waals surface area contributed by atoms with Crippen LogP contribution >= 0.6 is 11.6 Å². The summed E-state index contributed by atoms with van der Waals surface area (Å²) in [5, 5.41) is 8.49. The molecule has 1 amide bonds. The summed E-state index contributed by atoms with van der Waals surface area (Å²) < 4.78 is 13.8. The molecule has 3 nitrogen and oxygen atoms in total. The average molecular weight is 269 g/mol. The molecule has 0 heterocycles. The molecule has 0 aliphatic rings. The average Bonchev–Trinajstić information content (AvgIpc) is 2.32. The smallest absolute Gasteiger partial charge is 0.257 e. The number of benzene rings is 1. The number of nitrogens with zero attached hydrogens (tertiary/aromatic N) is 2. The SMILES string of the molecule is CC(C)N(CCC#N)C(=O)c1cccc(Cl)c1F. The molecule has 0 spiro atoms. The third-order valence-corrected chi connectivity index (χ3v) is 2.82. The van der Waals surface area contributed by atoms with E-state index < -0.39 is 11.7 Å². The van der Waals surface area contributed by atoms with Crippen LogP contribution in [0.2, 0.25) is 5.02 Å². The first-order valence-electron chi connectivity index (χ1n) is 5.61. The van der Waals surface area contributed by atoms with E-state index in [9.17, 15) is 9.18 Å². The maximum Gasteiger partial charge on any atom is 0.257 e. The molecule has 0 N–H and O–H groups in total. The van der Waals surface area contributed by atoms with Crippen LogP contribution < -0.4 is 0 Å². The van der Waals surface area contributed by atoms with Gasteiger partial charge in [0.1, 0.15) is 0 Å². The van der Waals surface area contributed by atoms with Crippen molar-refractivity contribution < 1.29 is 9.18 Å². The molecule has 5 heteroatoms. The topological polar surface area (TPSA) is 44.1 Å². The molecule has 96 valence electrons. The van der Waals surface area contributed by atoms with Crippen molar-refractivity contribution in [3.05, 3.63) is 34.6 Å². The fourth-order valence-electron chi connectivity index (χ4n) is 1.59. The van der Waals surface area contributed by atoms with Gasteiger partial charge in [-0.05, 0) is 26.0 Å². The zero-order valence-corrected chi connectivity index (χ0v) is 11.0. The van der Waals surface area contributed by atoms with Crippen LogP contribution in [-0.4, -0.2) is 23.4 Å². The number of nitriles is 1. The summed E-state index contributed by atoms with van der Waals surface area (Å²) in [7, 11) is 0. The monoisotopic (exact) mass is 268 g/mol. The van der Waals surface area contributed by atoms with E-state index in [-0.39, 0.29) is 29.6 Å². The number of rotatable bonds is 4. The van der Waals surface area contributed by atoms with Crippen molar-refractivity contribution >= 4 is 17.5 Å². The molecule has 0 saturated carbocycles. The molecule has 0 atom stereocenters. The molecule has 0 saturated heterocycles. The molecule has 0 aromatic heterocycles. The first-order chi connectivity index (χ1) is 8.49. The van der Waals surface area contributed by atoms with Gasteiger partial charge in [0.25, 0.3) is 5.91 Å². The van der Waals surface area contributed by atoms with Gasteiger partial charge in [-0.25, -0.2) is 4.39 Å². The predicted octanol–water partition coefficient (Wildman–Crippen LogP) is 3.24. The standard InChI is InChI=1S/C13H14ClFN2O/c1-9(2)17(8-4-7-16)13(18)10-5-3-6-11(14)12(10)15/h3,5-6,9H,4,8H2,1-2H3. The van der Waals surface area contributed by atoms with E-state index in [4.69, 9.17) is 16.9 Å². The first kappa shape index (κ1) is 14.5. The Morgan fingerprint density at radius 1 is 1.56 bits per heavy atom. The number of hydrogen-bond donors (Lipinski definition) is 0. The van der Waals surface area contributed by atoms with Crippen LogP contribution in [0.1, 0.15) is 30.6 Å². The molecule has 0 fully saturated rings. The Labute approximate surface area is 111 Å². The fourth-order valence-corrected chi connectivity index (χ4v) is 1.76. The van der Waals surface area contributed by atoms with Crippen molar-refractivity contribution in [3.63, 3.8) is 0 Å². The van der Waals surface area contributed by atoms with Crippen LogP contribution in [0.15, 0.2) is 18.2 Å². The number of carbonyl (C=O) groups is 1. The lowest BCUT2D eigenvalue weighted by atomic mass is 10.1. The highest BCUT2D eigenvalue weighted by molar-refractivity contribution is 6.31. The van der Waals surface area contributed by atoms with E-state index in [1.165, 1.54) is 23.1 Å². The summed E-state index contributed by atoms with van der Waals surface area (Å²) in [4.78, 5) is 13.6. The Balaban J connectivity index is 3.03. The molecular weight excluding hydrogens is 255 g/mol. The van der Waals surface area contributed by atoms with E-state index in [1.54, 1.807) is 0 Å². The van der Waals surface area contributed by atoms with E-state index in [0.29, 0.717) is 0 Å². The first-order valence-corrected chi connectivity index (χ1v) is 5.98. The molecule has 1 rings (SSSR count). The Bertz CT molecular complexity index is 482. The lowest BCUT2D eigenvalue weighted by molar-refractivity contribution is 0.0705. The number of amides is 1. The lowest BCUT2D eigenvalue weighted by Crippen LogP contribution is -2.38. The minimum Gasteiger partial charge on any atom is -0.335 e. The summed E-state index contributed by atoms with van der Waals surface area (Å²) in [6, 6.07) is 6.18. The van der Waals surface area contributed by atoms with E-state index in [1.807, 2.05) is 19.9 Å². The van der Waals surface area contributed by atoms with Crippen molar-refractivity contribution in [2.75, 3.05) is 6.54 Å². The van der Waals surface area contributed by atoms with Crippen LogP contribution in [0.3, 0.4) is 0 Å². The highest BCUT2D eigenvalue weighted by Gasteiger charge is 2.22. The van der Waals surface area contributed by atoms with Gasteiger partial charge in [-0.3, -0.25) is 4.79 Å². The van der Waals surface area contributed by atoms with Crippen LogP contribution in [-0.2, 0) is 0 Å². The molecule has 18 heavy (non-hydrogen) atoms. The lowest BCUT2D eigenvalue weighted by Gasteiger charge is -2.26. The molecule has 0 aliphatic carbocycles. The van der Waals surface area contributed by atoms with Gasteiger partial charge in [-0.15, -0.1) is 0 Å². The predicted molar refractivity (Wildman–Crippen MR) is 67.8 cm³/mol. The Hall–Kier alpha value is -1.60. The number of halogens is 2. The zero-order valence-electron chi connectivity index (χ0n) is 10.3. The summed E-state index contributed by atoms with van der Waals surface area (Å²) in [5.41, 5.74) is -0.0610. The maximum absolute atomic E-state index is 13.8. The summed E-state index contributed by atoms with van der Waals surface area (Å²) in [6.45, 7) is 3.91. The van der Waals surface area contributed by atoms with Crippen molar-refractivity contribution in [2.45, 2.75) is 26.3 Å². The fraction of sp³-hybridized carbons (Fsp3) is 0.385. The van der Waals surface area contributed by atoms with Gasteiger partial charge in [0, 0.05) is 12.6 Å². The van der Waals surface area contributed by atoms with Crippen molar-refractivity contribution in [1.29, 1.82) is 5.26 Å². The van der Waals surface area contributed by atoms with Crippen LogP contribution in [0.25, 0.3) is 0 Å². The molecule has 0 radical (unpaired) electrons. The second kappa shape index (κ2) is 6.36. The van der Waals surface area contributed by atoms with Gasteiger partial charge in [0.15, 0.2) is 5.82 Å². The summed E-state index contributed by atoms with van der Waals surface area (Å²) >= 11 is 5.65. The van der Waals surface area contributed by atoms with Gasteiger partial charge in [-0.2, -0.15) is 5.26 Å². The van der Waals surface area contributed by atoms with Crippen molar-refractivity contribution in [1.82, 2.24) is 4.90 Å². The third kappa shape index (κ3) is 3.21. The molecule has 0 aliphatic heterocycles. The Morgan fingerprint density at radius 2 is 2.22 bits per heavy atom. The molecule has 1 aromatic carbocycles. The third-order valence-electron chi connectivity index (χ3n) is 2.53. The minimum absolute atomic E-state index is 0.0610. The largest absolute Gasteiger partial charge is 0.335 e. The maximum atomic E-state index is 13.8. The van der Waals surface area contributed by atoms with Crippen LogP contribution in [0, 0.1) is 17.1 Å². The van der Waals surface area contributed by atoms with E-state index in [2.05, 4.69) is 0 Å². The second-order valence-electron chi connectivity index (χ2n) is 4.10. The second-order valence-corrected chi connectivity index (χ2v) is 4.51. The van der Waals surface area contributed by atoms with Crippen LogP contribution in [0.5, 0.6) is 0 Å². The van der Waals surface area contributed by atoms with Crippen molar-refractivity contribution in [2.24, 2.45) is 0 Å². The number of hydrogen-bond acceptors (Lipinski definition) is 2. The summed E-state index contributed by atoms with van der Waals surface area (Å²) in [5.74, 6) is -1.16. The quantitative estimate of drug-likeness (QED) is 0.841. The Morgan fingerprint density at radius 3 is 2.78 bits per heavy atom. The summed E-state index contributed by atoms with van der Waals surface area (Å²) in [6.07, 6.45) is 0.214. The van der Waals surface area contributed by atoms with E-state index >= 15 is 0 Å². The van der Waals surface area contributed by atoms with E-state index in [0.717, 1.165) is 0 Å².